The molecule has 2 aromatic heterocycles. The quantitative estimate of drug-likeness (QED) is 0.400. The molecule has 0 aliphatic carbocycles. The monoisotopic (exact) mass is 466 g/mol. The molecule has 2 aromatic carbocycles. The molecule has 166 valence electrons. The molecule has 0 aliphatic rings. The van der Waals surface area contributed by atoms with Crippen molar-refractivity contribution in [2.24, 2.45) is 0 Å². The smallest absolute Gasteiger partial charge is 0.481 e. The highest BCUT2D eigenvalue weighted by Crippen LogP contribution is 2.34. The second-order valence-corrected chi connectivity index (χ2v) is 7.13. The lowest BCUT2D eigenvalue weighted by Crippen LogP contribution is -2.17. The third kappa shape index (κ3) is 4.67. The Hall–Kier alpha value is -3.60. The molecule has 4 aromatic rings. The Morgan fingerprint density at radius 2 is 2.06 bits per heavy atom. The molecule has 0 amide bonds. The number of carboxylic acid groups (broad SMARTS) is 1. The third-order valence-electron chi connectivity index (χ3n) is 4.52. The van der Waals surface area contributed by atoms with E-state index >= 15 is 0 Å². The first-order valence-electron chi connectivity index (χ1n) is 9.27. The summed E-state index contributed by atoms with van der Waals surface area (Å²) in [5.74, 6) is -1.10. The summed E-state index contributed by atoms with van der Waals surface area (Å²) in [4.78, 5) is 15.1. The largest absolute Gasteiger partial charge is 0.573 e. The van der Waals surface area contributed by atoms with Crippen LogP contribution in [0.2, 0.25) is 5.02 Å². The summed E-state index contributed by atoms with van der Waals surface area (Å²) in [5, 5.41) is 17.6. The zero-order chi connectivity index (χ0) is 22.9. The number of nitrogens with zero attached hydrogens (tertiary/aromatic N) is 4. The molecule has 2 heterocycles. The Bertz CT molecular complexity index is 1290. The molecule has 0 aliphatic heterocycles. The molecule has 0 atom stereocenters. The number of aryl methyl sites for hydroxylation is 1. The van der Waals surface area contributed by atoms with Crippen LogP contribution in [0, 0.1) is 0 Å². The van der Waals surface area contributed by atoms with Gasteiger partial charge in [0.05, 0.1) is 16.7 Å². The van der Waals surface area contributed by atoms with Crippen molar-refractivity contribution >= 4 is 28.5 Å². The van der Waals surface area contributed by atoms with Gasteiger partial charge in [0.15, 0.2) is 0 Å². The van der Waals surface area contributed by atoms with E-state index in [0.29, 0.717) is 24.1 Å². The molecule has 4 rings (SSSR count). The number of halogens is 4. The predicted molar refractivity (Wildman–Crippen MR) is 107 cm³/mol. The van der Waals surface area contributed by atoms with Crippen LogP contribution in [0.1, 0.15) is 12.8 Å². The number of carbonyl (C=O) groups is 1. The Labute approximate surface area is 183 Å². The van der Waals surface area contributed by atoms with E-state index in [0.717, 1.165) is 17.0 Å². The number of fused-ring (bicyclic) bond motifs is 1. The van der Waals surface area contributed by atoms with Crippen LogP contribution in [0.15, 0.2) is 47.1 Å². The summed E-state index contributed by atoms with van der Waals surface area (Å²) in [6, 6.07) is 9.02. The van der Waals surface area contributed by atoms with Gasteiger partial charge in [0.1, 0.15) is 5.75 Å². The van der Waals surface area contributed by atoms with E-state index in [9.17, 15) is 18.0 Å². The first kappa shape index (κ1) is 21.6. The lowest BCUT2D eigenvalue weighted by Gasteiger charge is -2.10. The van der Waals surface area contributed by atoms with Crippen LogP contribution < -0.4 is 4.74 Å². The fourth-order valence-corrected chi connectivity index (χ4v) is 3.37. The van der Waals surface area contributed by atoms with Gasteiger partial charge in [-0.25, -0.2) is 0 Å². The predicted octanol–water partition coefficient (Wildman–Crippen LogP) is 5.17. The number of hydrogen-bond donors (Lipinski definition) is 1. The van der Waals surface area contributed by atoms with Gasteiger partial charge in [0.2, 0.25) is 5.82 Å². The Morgan fingerprint density at radius 3 is 2.78 bits per heavy atom. The first-order valence-corrected chi connectivity index (χ1v) is 9.65. The summed E-state index contributed by atoms with van der Waals surface area (Å²) < 4.78 is 48.1. The van der Waals surface area contributed by atoms with Gasteiger partial charge in [-0.1, -0.05) is 28.9 Å². The molecule has 0 bridgehead atoms. The van der Waals surface area contributed by atoms with Crippen LogP contribution in [-0.2, 0) is 11.3 Å². The van der Waals surface area contributed by atoms with Gasteiger partial charge in [-0.15, -0.1) is 13.2 Å². The van der Waals surface area contributed by atoms with Gasteiger partial charge in [-0.05, 0) is 30.7 Å². The Balaban J connectivity index is 1.61. The van der Waals surface area contributed by atoms with E-state index in [4.69, 9.17) is 21.2 Å². The van der Waals surface area contributed by atoms with Crippen LogP contribution in [-0.4, -0.2) is 37.4 Å². The highest BCUT2D eigenvalue weighted by molar-refractivity contribution is 6.32. The topological polar surface area (TPSA) is 103 Å². The zero-order valence-corrected chi connectivity index (χ0v) is 16.9. The Kier molecular flexibility index (Phi) is 5.74. The van der Waals surface area contributed by atoms with E-state index in [1.54, 1.807) is 23.0 Å². The van der Waals surface area contributed by atoms with Gasteiger partial charge in [0, 0.05) is 29.5 Å². The van der Waals surface area contributed by atoms with Crippen molar-refractivity contribution in [3.63, 3.8) is 0 Å². The second-order valence-electron chi connectivity index (χ2n) is 6.72. The van der Waals surface area contributed by atoms with Crippen molar-refractivity contribution in [1.29, 1.82) is 0 Å². The molecule has 32 heavy (non-hydrogen) atoms. The SMILES string of the molecule is O=C(O)CCCn1ncc2c(-c3noc(-c4ccc(OC(F)(F)F)c(Cl)c4)n3)cccc21. The number of hydrogen-bond acceptors (Lipinski definition) is 6. The number of alkyl halides is 3. The summed E-state index contributed by atoms with van der Waals surface area (Å²) in [7, 11) is 0. The van der Waals surface area contributed by atoms with Gasteiger partial charge in [0.25, 0.3) is 5.89 Å². The maximum absolute atomic E-state index is 12.4. The molecule has 0 radical (unpaired) electrons. The number of benzene rings is 2. The van der Waals surface area contributed by atoms with Crippen LogP contribution in [0.3, 0.4) is 0 Å². The first-order chi connectivity index (χ1) is 15.2. The fourth-order valence-electron chi connectivity index (χ4n) is 3.15. The summed E-state index contributed by atoms with van der Waals surface area (Å²) >= 11 is 5.89. The van der Waals surface area contributed by atoms with E-state index in [2.05, 4.69) is 20.0 Å². The van der Waals surface area contributed by atoms with Crippen LogP contribution >= 0.6 is 11.6 Å². The van der Waals surface area contributed by atoms with Crippen LogP contribution in [0.4, 0.5) is 13.2 Å². The highest BCUT2D eigenvalue weighted by atomic mass is 35.5. The van der Waals surface area contributed by atoms with E-state index in [1.807, 2.05) is 6.07 Å². The number of rotatable bonds is 7. The fraction of sp³-hybridized carbons (Fsp3) is 0.200. The lowest BCUT2D eigenvalue weighted by molar-refractivity contribution is -0.274. The minimum Gasteiger partial charge on any atom is -0.481 e. The van der Waals surface area contributed by atoms with Crippen LogP contribution in [0.25, 0.3) is 33.7 Å². The molecular weight excluding hydrogens is 453 g/mol. The van der Waals surface area contributed by atoms with Gasteiger partial charge in [-0.2, -0.15) is 10.1 Å². The molecule has 0 saturated heterocycles. The summed E-state index contributed by atoms with van der Waals surface area (Å²) in [5.41, 5.74) is 1.72. The number of aromatic nitrogens is 4. The van der Waals surface area contributed by atoms with Crippen molar-refractivity contribution in [2.45, 2.75) is 25.7 Å². The van der Waals surface area contributed by atoms with Crippen molar-refractivity contribution < 1.29 is 32.3 Å². The average molecular weight is 467 g/mol. The number of ether oxygens (including phenoxy) is 1. The second kappa shape index (κ2) is 8.50. The summed E-state index contributed by atoms with van der Waals surface area (Å²) in [6.07, 6.45) is -2.77. The van der Waals surface area contributed by atoms with E-state index in [1.165, 1.54) is 12.1 Å². The van der Waals surface area contributed by atoms with E-state index < -0.39 is 18.1 Å². The molecule has 8 nitrogen and oxygen atoms in total. The molecular formula is C20H14ClF3N4O4. The molecule has 0 fully saturated rings. The minimum absolute atomic E-state index is 0.0323. The van der Waals surface area contributed by atoms with Gasteiger partial charge in [-0.3, -0.25) is 9.48 Å². The number of carboxylic acids is 1. The van der Waals surface area contributed by atoms with Crippen LogP contribution in [0.5, 0.6) is 5.75 Å². The summed E-state index contributed by atoms with van der Waals surface area (Å²) in [6.45, 7) is 0.432. The van der Waals surface area contributed by atoms with Crippen molar-refractivity contribution in [1.82, 2.24) is 19.9 Å². The third-order valence-corrected chi connectivity index (χ3v) is 4.81. The average Bonchev–Trinajstić information content (AvgIpc) is 3.36. The Morgan fingerprint density at radius 1 is 1.25 bits per heavy atom. The molecule has 0 unspecified atom stereocenters. The number of aliphatic carboxylic acids is 1. The normalized spacial score (nSPS) is 11.8. The zero-order valence-electron chi connectivity index (χ0n) is 16.1. The molecule has 1 N–H and O–H groups in total. The molecule has 0 saturated carbocycles. The van der Waals surface area contributed by atoms with Crippen molar-refractivity contribution in [3.05, 3.63) is 47.6 Å². The highest BCUT2D eigenvalue weighted by Gasteiger charge is 2.32. The maximum Gasteiger partial charge on any atom is 0.573 e. The lowest BCUT2D eigenvalue weighted by atomic mass is 10.1. The van der Waals surface area contributed by atoms with Crippen molar-refractivity contribution in [3.8, 4) is 28.6 Å². The maximum atomic E-state index is 12.4. The standard InChI is InChI=1S/C20H14ClF3N4O4/c21-14-9-11(6-7-16(14)31-20(22,23)24)19-26-18(27-32-19)12-3-1-4-15-13(12)10-25-28(15)8-2-5-17(29)30/h1,3-4,6-7,9-10H,2,5,8H2,(H,29,30). The minimum atomic E-state index is -4.86. The van der Waals surface area contributed by atoms with Gasteiger partial charge >= 0.3 is 12.3 Å². The van der Waals surface area contributed by atoms with Crippen molar-refractivity contribution in [2.75, 3.05) is 0 Å². The molecule has 12 heteroatoms. The van der Waals surface area contributed by atoms with E-state index in [-0.39, 0.29) is 23.2 Å². The molecule has 0 spiro atoms. The van der Waals surface area contributed by atoms with Gasteiger partial charge < -0.3 is 14.4 Å².